The van der Waals surface area contributed by atoms with E-state index in [-0.39, 0.29) is 10.5 Å². The zero-order valence-electron chi connectivity index (χ0n) is 19.1. The molecule has 8 heteroatoms. The van der Waals surface area contributed by atoms with E-state index in [1.165, 1.54) is 29.6 Å². The molecule has 1 aliphatic rings. The number of nitrogens with one attached hydrogen (secondary N) is 1. The SMILES string of the molecule is COc1ccc(S(=O)(=O)N2CCCCC2)cc1C(=O)Nc1ccc(OCc2ccccc2)cc1. The predicted octanol–water partition coefficient (Wildman–Crippen LogP) is 4.70. The van der Waals surface area contributed by atoms with Crippen molar-refractivity contribution in [1.29, 1.82) is 0 Å². The van der Waals surface area contributed by atoms with Crippen molar-refractivity contribution in [2.24, 2.45) is 0 Å². The van der Waals surface area contributed by atoms with E-state index in [9.17, 15) is 13.2 Å². The zero-order chi connectivity index (χ0) is 24.0. The number of nitrogens with zero attached hydrogens (tertiary/aromatic N) is 1. The van der Waals surface area contributed by atoms with Gasteiger partial charge in [-0.2, -0.15) is 4.31 Å². The monoisotopic (exact) mass is 480 g/mol. The summed E-state index contributed by atoms with van der Waals surface area (Å²) in [7, 11) is -2.22. The fourth-order valence-electron chi connectivity index (χ4n) is 3.85. The van der Waals surface area contributed by atoms with Gasteiger partial charge in [0.1, 0.15) is 18.1 Å². The molecule has 34 heavy (non-hydrogen) atoms. The molecule has 0 saturated carbocycles. The van der Waals surface area contributed by atoms with Crippen molar-refractivity contribution in [1.82, 2.24) is 4.31 Å². The van der Waals surface area contributed by atoms with E-state index in [1.807, 2.05) is 30.3 Å². The Labute approximate surface area is 200 Å². The van der Waals surface area contributed by atoms with Crippen molar-refractivity contribution in [3.8, 4) is 11.5 Å². The lowest BCUT2D eigenvalue weighted by molar-refractivity contribution is 0.102. The van der Waals surface area contributed by atoms with E-state index in [1.54, 1.807) is 24.3 Å². The highest BCUT2D eigenvalue weighted by molar-refractivity contribution is 7.89. The van der Waals surface area contributed by atoms with Gasteiger partial charge in [-0.25, -0.2) is 8.42 Å². The van der Waals surface area contributed by atoms with Crippen molar-refractivity contribution in [3.63, 3.8) is 0 Å². The maximum Gasteiger partial charge on any atom is 0.259 e. The highest BCUT2D eigenvalue weighted by atomic mass is 32.2. The van der Waals surface area contributed by atoms with E-state index >= 15 is 0 Å². The van der Waals surface area contributed by atoms with Gasteiger partial charge in [-0.1, -0.05) is 36.8 Å². The van der Waals surface area contributed by atoms with E-state index in [2.05, 4.69) is 5.32 Å². The first-order chi connectivity index (χ1) is 16.5. The summed E-state index contributed by atoms with van der Waals surface area (Å²) >= 11 is 0. The van der Waals surface area contributed by atoms with Crippen LogP contribution in [0.1, 0.15) is 35.2 Å². The largest absolute Gasteiger partial charge is 0.496 e. The van der Waals surface area contributed by atoms with Gasteiger partial charge in [0.2, 0.25) is 10.0 Å². The molecule has 0 unspecified atom stereocenters. The van der Waals surface area contributed by atoms with Crippen LogP contribution in [-0.2, 0) is 16.6 Å². The van der Waals surface area contributed by atoms with Crippen LogP contribution in [-0.4, -0.2) is 38.8 Å². The van der Waals surface area contributed by atoms with Crippen LogP contribution >= 0.6 is 0 Å². The summed E-state index contributed by atoms with van der Waals surface area (Å²) in [5, 5.41) is 2.81. The molecule has 0 spiro atoms. The number of hydrogen-bond acceptors (Lipinski definition) is 5. The molecule has 3 aromatic carbocycles. The Morgan fingerprint density at radius 3 is 2.32 bits per heavy atom. The van der Waals surface area contributed by atoms with Crippen LogP contribution in [0, 0.1) is 0 Å². The second kappa shape index (κ2) is 10.7. The number of carbonyl (C=O) groups is 1. The van der Waals surface area contributed by atoms with Crippen LogP contribution < -0.4 is 14.8 Å². The van der Waals surface area contributed by atoms with E-state index < -0.39 is 15.9 Å². The van der Waals surface area contributed by atoms with Gasteiger partial charge < -0.3 is 14.8 Å². The van der Waals surface area contributed by atoms with E-state index in [0.29, 0.717) is 36.9 Å². The predicted molar refractivity (Wildman–Crippen MR) is 131 cm³/mol. The van der Waals surface area contributed by atoms with E-state index in [4.69, 9.17) is 9.47 Å². The number of hydrogen-bond donors (Lipinski definition) is 1. The topological polar surface area (TPSA) is 84.9 Å². The molecule has 178 valence electrons. The van der Waals surface area contributed by atoms with Crippen molar-refractivity contribution in [2.75, 3.05) is 25.5 Å². The fraction of sp³-hybridized carbons (Fsp3) is 0.269. The third-order valence-corrected chi connectivity index (χ3v) is 7.62. The van der Waals surface area contributed by atoms with Crippen LogP contribution in [0.2, 0.25) is 0 Å². The van der Waals surface area contributed by atoms with E-state index in [0.717, 1.165) is 24.8 Å². The molecule has 4 rings (SSSR count). The highest BCUT2D eigenvalue weighted by Gasteiger charge is 2.27. The third-order valence-electron chi connectivity index (χ3n) is 5.73. The number of ether oxygens (including phenoxy) is 2. The molecule has 0 bridgehead atoms. The number of methoxy groups -OCH3 is 1. The molecular weight excluding hydrogens is 452 g/mol. The average Bonchev–Trinajstić information content (AvgIpc) is 2.89. The number of carbonyl (C=O) groups excluding carboxylic acids is 1. The molecular formula is C26H28N2O5S. The lowest BCUT2D eigenvalue weighted by Crippen LogP contribution is -2.35. The van der Waals surface area contributed by atoms with Crippen LogP contribution in [0.15, 0.2) is 77.7 Å². The number of sulfonamides is 1. The maximum absolute atomic E-state index is 13.1. The lowest BCUT2D eigenvalue weighted by Gasteiger charge is -2.26. The Morgan fingerprint density at radius 1 is 0.941 bits per heavy atom. The minimum absolute atomic E-state index is 0.0880. The molecule has 1 aliphatic heterocycles. The Balaban J connectivity index is 1.47. The van der Waals surface area contributed by atoms with Crippen molar-refractivity contribution >= 4 is 21.6 Å². The van der Waals surface area contributed by atoms with Gasteiger partial charge in [-0.3, -0.25) is 4.79 Å². The first-order valence-corrected chi connectivity index (χ1v) is 12.7. The van der Waals surface area contributed by atoms with Gasteiger partial charge in [0, 0.05) is 18.8 Å². The summed E-state index contributed by atoms with van der Waals surface area (Å²) in [5.41, 5.74) is 1.78. The Bertz CT molecular complexity index is 1220. The molecule has 1 saturated heterocycles. The van der Waals surface area contributed by atoms with Crippen LogP contribution in [0.5, 0.6) is 11.5 Å². The lowest BCUT2D eigenvalue weighted by atomic mass is 10.1. The molecule has 1 N–H and O–H groups in total. The van der Waals surface area contributed by atoms with Gasteiger partial charge >= 0.3 is 0 Å². The highest BCUT2D eigenvalue weighted by Crippen LogP contribution is 2.27. The molecule has 7 nitrogen and oxygen atoms in total. The number of anilines is 1. The summed E-state index contributed by atoms with van der Waals surface area (Å²) in [6.07, 6.45) is 2.71. The number of amides is 1. The van der Waals surface area contributed by atoms with Crippen molar-refractivity contribution in [3.05, 3.63) is 83.9 Å². The molecule has 1 amide bonds. The Hall–Kier alpha value is -3.36. The van der Waals surface area contributed by atoms with Crippen LogP contribution in [0.25, 0.3) is 0 Å². The van der Waals surface area contributed by atoms with Crippen molar-refractivity contribution < 1.29 is 22.7 Å². The van der Waals surface area contributed by atoms with Crippen LogP contribution in [0.3, 0.4) is 0 Å². The maximum atomic E-state index is 13.1. The van der Waals surface area contributed by atoms with Gasteiger partial charge in [-0.15, -0.1) is 0 Å². The molecule has 0 radical (unpaired) electrons. The second-order valence-electron chi connectivity index (χ2n) is 8.08. The summed E-state index contributed by atoms with van der Waals surface area (Å²) in [6, 6.07) is 21.2. The second-order valence-corrected chi connectivity index (χ2v) is 10.0. The first-order valence-electron chi connectivity index (χ1n) is 11.2. The smallest absolute Gasteiger partial charge is 0.259 e. The van der Waals surface area contributed by atoms with Gasteiger partial charge in [0.15, 0.2) is 0 Å². The molecule has 1 fully saturated rings. The minimum atomic E-state index is -3.67. The van der Waals surface area contributed by atoms with Gasteiger partial charge in [-0.05, 0) is 60.9 Å². The summed E-state index contributed by atoms with van der Waals surface area (Å²) < 4.78 is 38.7. The third kappa shape index (κ3) is 5.58. The fourth-order valence-corrected chi connectivity index (χ4v) is 5.40. The molecule has 3 aromatic rings. The minimum Gasteiger partial charge on any atom is -0.496 e. The first kappa shape index (κ1) is 23.8. The molecule has 0 aliphatic carbocycles. The van der Waals surface area contributed by atoms with Gasteiger partial charge in [0.05, 0.1) is 17.6 Å². The molecule has 1 heterocycles. The quantitative estimate of drug-likeness (QED) is 0.505. The molecule has 0 aromatic heterocycles. The Kier molecular flexibility index (Phi) is 7.49. The van der Waals surface area contributed by atoms with Gasteiger partial charge in [0.25, 0.3) is 5.91 Å². The van der Waals surface area contributed by atoms with Crippen molar-refractivity contribution in [2.45, 2.75) is 30.8 Å². The average molecular weight is 481 g/mol. The standard InChI is InChI=1S/C26H28N2O5S/c1-32-25-15-14-23(34(30,31)28-16-6-3-7-17-28)18-24(25)26(29)27-21-10-12-22(13-11-21)33-19-20-8-4-2-5-9-20/h2,4-5,8-15,18H,3,6-7,16-17,19H2,1H3,(H,27,29). The number of piperidine rings is 1. The molecule has 0 atom stereocenters. The normalized spacial score (nSPS) is 14.4. The summed E-state index contributed by atoms with van der Waals surface area (Å²) in [4.78, 5) is 13.1. The Morgan fingerprint density at radius 2 is 1.65 bits per heavy atom. The number of rotatable bonds is 8. The van der Waals surface area contributed by atoms with Crippen LogP contribution in [0.4, 0.5) is 5.69 Å². The summed E-state index contributed by atoms with van der Waals surface area (Å²) in [6.45, 7) is 1.44. The summed E-state index contributed by atoms with van der Waals surface area (Å²) in [5.74, 6) is 0.525. The number of benzene rings is 3. The zero-order valence-corrected chi connectivity index (χ0v) is 19.9.